The van der Waals surface area contributed by atoms with Crippen molar-refractivity contribution in [2.24, 2.45) is 17.3 Å². The number of rotatable bonds is 2. The Balaban J connectivity index is 1.98. The van der Waals surface area contributed by atoms with Crippen LogP contribution in [0.4, 0.5) is 0 Å². The maximum absolute atomic E-state index is 13.5. The van der Waals surface area contributed by atoms with Gasteiger partial charge in [-0.2, -0.15) is 0 Å². The van der Waals surface area contributed by atoms with Crippen molar-refractivity contribution >= 4 is 21.4 Å². The lowest BCUT2D eigenvalue weighted by Gasteiger charge is -2.51. The molecule has 3 aliphatic carbocycles. The molecule has 0 spiro atoms. The molecular formula is C20H27NO6S. The summed E-state index contributed by atoms with van der Waals surface area (Å²) in [5.41, 5.74) is -0.574. The van der Waals surface area contributed by atoms with Crippen molar-refractivity contribution in [3.63, 3.8) is 0 Å². The highest BCUT2D eigenvalue weighted by molar-refractivity contribution is 7.96. The van der Waals surface area contributed by atoms with Gasteiger partial charge in [0.2, 0.25) is 11.6 Å². The van der Waals surface area contributed by atoms with E-state index in [0.717, 1.165) is 12.8 Å². The number of allylic oxidation sites excluding steroid dienone is 2. The Bertz CT molecular complexity index is 944. The number of hydrogen-bond donors (Lipinski definition) is 1. The molecule has 0 aromatic heterocycles. The van der Waals surface area contributed by atoms with E-state index in [4.69, 9.17) is 9.47 Å². The number of ketones is 2. The predicted molar refractivity (Wildman–Crippen MR) is 102 cm³/mol. The average Bonchev–Trinajstić information content (AvgIpc) is 2.98. The van der Waals surface area contributed by atoms with Crippen molar-refractivity contribution < 1.29 is 27.5 Å². The molecule has 0 aromatic carbocycles. The smallest absolute Gasteiger partial charge is 0.207 e. The lowest BCUT2D eigenvalue weighted by molar-refractivity contribution is -0.126. The van der Waals surface area contributed by atoms with Gasteiger partial charge in [0.1, 0.15) is 10.6 Å². The summed E-state index contributed by atoms with van der Waals surface area (Å²) in [6, 6.07) is 0. The highest BCUT2D eigenvalue weighted by atomic mass is 32.2. The first-order valence-electron chi connectivity index (χ1n) is 9.64. The molecule has 4 atom stereocenters. The van der Waals surface area contributed by atoms with Gasteiger partial charge in [-0.1, -0.05) is 13.8 Å². The minimum atomic E-state index is -3.82. The summed E-state index contributed by atoms with van der Waals surface area (Å²) in [7, 11) is -0.659. The Morgan fingerprint density at radius 2 is 1.79 bits per heavy atom. The second-order valence-corrected chi connectivity index (χ2v) is 11.0. The number of carbonyl (C=O) groups excluding carboxylic acids is 2. The van der Waals surface area contributed by atoms with Gasteiger partial charge in [0.05, 0.1) is 17.5 Å². The standard InChI is InChI=1S/C20H27NO6S/c1-19(2)10-6-7-20(3,27-5)12(10)17(26-4)11-13(19)16(23)14-18(15(11)22)28(24,25)9-8-21-14/h10,12,17,21H,6-9H2,1-5H3. The van der Waals surface area contributed by atoms with Crippen LogP contribution < -0.4 is 5.32 Å². The number of fused-ring (bicyclic) bond motifs is 1. The van der Waals surface area contributed by atoms with Gasteiger partial charge in [-0.25, -0.2) is 8.42 Å². The summed E-state index contributed by atoms with van der Waals surface area (Å²) in [6.07, 6.45) is 0.954. The molecule has 8 heteroatoms. The van der Waals surface area contributed by atoms with Crippen LogP contribution in [-0.2, 0) is 28.9 Å². The van der Waals surface area contributed by atoms with Crippen molar-refractivity contribution in [2.45, 2.75) is 45.3 Å². The van der Waals surface area contributed by atoms with Crippen molar-refractivity contribution in [1.82, 2.24) is 5.32 Å². The van der Waals surface area contributed by atoms with Gasteiger partial charge in [-0.3, -0.25) is 9.59 Å². The highest BCUT2D eigenvalue weighted by Gasteiger charge is 2.63. The molecule has 0 bridgehead atoms. The summed E-state index contributed by atoms with van der Waals surface area (Å²) in [6.45, 7) is 6.08. The fourth-order valence-corrected chi connectivity index (χ4v) is 7.35. The number of nitrogens with one attached hydrogen (secondary N) is 1. The van der Waals surface area contributed by atoms with Gasteiger partial charge < -0.3 is 14.8 Å². The van der Waals surface area contributed by atoms with Gasteiger partial charge in [0.15, 0.2) is 9.84 Å². The molecule has 1 heterocycles. The normalized spacial score (nSPS) is 38.7. The van der Waals surface area contributed by atoms with E-state index in [1.54, 1.807) is 7.11 Å². The van der Waals surface area contributed by atoms with Crippen LogP contribution in [0.25, 0.3) is 0 Å². The largest absolute Gasteiger partial charge is 0.380 e. The van der Waals surface area contributed by atoms with Crippen LogP contribution in [-0.4, -0.2) is 58.2 Å². The summed E-state index contributed by atoms with van der Waals surface area (Å²) in [5, 5.41) is 2.88. The maximum Gasteiger partial charge on any atom is 0.207 e. The number of hydrogen-bond acceptors (Lipinski definition) is 7. The molecule has 4 unspecified atom stereocenters. The third-order valence-electron chi connectivity index (χ3n) is 7.38. The van der Waals surface area contributed by atoms with Crippen LogP contribution in [0.1, 0.15) is 33.6 Å². The predicted octanol–water partition coefficient (Wildman–Crippen LogP) is 1.15. The Labute approximate surface area is 165 Å². The second kappa shape index (κ2) is 6.00. The molecule has 1 N–H and O–H groups in total. The monoisotopic (exact) mass is 409 g/mol. The van der Waals surface area contributed by atoms with E-state index in [9.17, 15) is 18.0 Å². The fourth-order valence-electron chi connectivity index (χ4n) is 5.90. The second-order valence-electron chi connectivity index (χ2n) is 8.96. The summed E-state index contributed by atoms with van der Waals surface area (Å²) in [4.78, 5) is 26.5. The van der Waals surface area contributed by atoms with Gasteiger partial charge in [-0.05, 0) is 31.1 Å². The third-order valence-corrected chi connectivity index (χ3v) is 9.13. The van der Waals surface area contributed by atoms with E-state index in [1.807, 2.05) is 20.8 Å². The molecule has 0 radical (unpaired) electrons. The van der Waals surface area contributed by atoms with Gasteiger partial charge in [-0.15, -0.1) is 0 Å². The lowest BCUT2D eigenvalue weighted by Crippen LogP contribution is -2.56. The molecule has 4 aliphatic rings. The van der Waals surface area contributed by atoms with E-state index in [0.29, 0.717) is 5.57 Å². The first-order chi connectivity index (χ1) is 13.0. The lowest BCUT2D eigenvalue weighted by atomic mass is 9.56. The molecule has 4 rings (SSSR count). The van der Waals surface area contributed by atoms with Crippen LogP contribution in [0, 0.1) is 17.3 Å². The van der Waals surface area contributed by atoms with Crippen LogP contribution in [0.3, 0.4) is 0 Å². The Morgan fingerprint density at radius 1 is 1.11 bits per heavy atom. The molecule has 28 heavy (non-hydrogen) atoms. The molecule has 0 saturated heterocycles. The Hall–Kier alpha value is -1.51. The number of sulfone groups is 1. The van der Waals surface area contributed by atoms with Crippen LogP contribution >= 0.6 is 0 Å². The summed E-state index contributed by atoms with van der Waals surface area (Å²) >= 11 is 0. The van der Waals surface area contributed by atoms with Crippen molar-refractivity contribution in [2.75, 3.05) is 26.5 Å². The molecule has 1 aliphatic heterocycles. The maximum atomic E-state index is 13.5. The van der Waals surface area contributed by atoms with Gasteiger partial charge >= 0.3 is 0 Å². The van der Waals surface area contributed by atoms with Crippen LogP contribution in [0.5, 0.6) is 0 Å². The van der Waals surface area contributed by atoms with Crippen LogP contribution in [0.15, 0.2) is 21.7 Å². The molecule has 7 nitrogen and oxygen atoms in total. The zero-order valence-electron chi connectivity index (χ0n) is 16.9. The number of methoxy groups -OCH3 is 2. The Kier molecular flexibility index (Phi) is 4.24. The van der Waals surface area contributed by atoms with Gasteiger partial charge in [0, 0.05) is 37.8 Å². The minimum Gasteiger partial charge on any atom is -0.380 e. The molecular weight excluding hydrogens is 382 g/mol. The zero-order chi connectivity index (χ0) is 20.6. The number of Topliss-reactive ketones (excluding diaryl/α,β-unsaturated/α-hetero) is 2. The molecule has 0 amide bonds. The van der Waals surface area contributed by atoms with Crippen molar-refractivity contribution in [3.8, 4) is 0 Å². The van der Waals surface area contributed by atoms with Crippen molar-refractivity contribution in [3.05, 3.63) is 21.7 Å². The first kappa shape index (κ1) is 19.8. The van der Waals surface area contributed by atoms with Crippen LogP contribution in [0.2, 0.25) is 0 Å². The third kappa shape index (κ3) is 2.31. The first-order valence-corrected chi connectivity index (χ1v) is 11.3. The van der Waals surface area contributed by atoms with E-state index in [2.05, 4.69) is 5.32 Å². The van der Waals surface area contributed by atoms with Gasteiger partial charge in [0.25, 0.3) is 0 Å². The van der Waals surface area contributed by atoms with E-state index < -0.39 is 37.6 Å². The fraction of sp³-hybridized carbons (Fsp3) is 0.700. The van der Waals surface area contributed by atoms with E-state index in [1.165, 1.54) is 7.11 Å². The quantitative estimate of drug-likeness (QED) is 0.683. The number of ether oxygens (including phenoxy) is 2. The Morgan fingerprint density at radius 3 is 2.39 bits per heavy atom. The highest BCUT2D eigenvalue weighted by Crippen LogP contribution is 2.60. The molecule has 1 saturated carbocycles. The topological polar surface area (TPSA) is 98.8 Å². The average molecular weight is 410 g/mol. The van der Waals surface area contributed by atoms with Crippen molar-refractivity contribution in [1.29, 1.82) is 0 Å². The SMILES string of the molecule is COC1C2=C(C(=O)C3=C(C2=O)S(=O)(=O)CCN3)C(C)(C)C2CCC(C)(OC)C12. The number of carbonyl (C=O) groups is 2. The summed E-state index contributed by atoms with van der Waals surface area (Å²) in [5.74, 6) is -1.24. The van der Waals surface area contributed by atoms with E-state index >= 15 is 0 Å². The summed E-state index contributed by atoms with van der Waals surface area (Å²) < 4.78 is 36.9. The van der Waals surface area contributed by atoms with E-state index in [-0.39, 0.29) is 41.2 Å². The zero-order valence-corrected chi connectivity index (χ0v) is 17.7. The molecule has 1 fully saturated rings. The minimum absolute atomic E-state index is 0.0659. The molecule has 154 valence electrons. The molecule has 0 aromatic rings.